The minimum atomic E-state index is 0.121. The zero-order chi connectivity index (χ0) is 11.4. The molecular formula is C13H18N2O. The fourth-order valence-corrected chi connectivity index (χ4v) is 1.79. The Morgan fingerprint density at radius 2 is 2.06 bits per heavy atom. The quantitative estimate of drug-likeness (QED) is 0.809. The number of anilines is 1. The highest BCUT2D eigenvalue weighted by atomic mass is 16.1. The van der Waals surface area contributed by atoms with Crippen LogP contribution in [-0.2, 0) is 11.2 Å². The van der Waals surface area contributed by atoms with E-state index in [0.29, 0.717) is 12.3 Å². The number of carbonyl (C=O) groups excluding carboxylic acids is 1. The van der Waals surface area contributed by atoms with Crippen LogP contribution in [0.2, 0.25) is 0 Å². The van der Waals surface area contributed by atoms with E-state index in [1.165, 1.54) is 5.56 Å². The maximum atomic E-state index is 11.6. The Kier molecular flexibility index (Phi) is 3.57. The lowest BCUT2D eigenvalue weighted by Gasteiger charge is -2.26. The van der Waals surface area contributed by atoms with Crippen LogP contribution in [0.25, 0.3) is 0 Å². The van der Waals surface area contributed by atoms with Gasteiger partial charge in [0.2, 0.25) is 5.91 Å². The lowest BCUT2D eigenvalue weighted by molar-refractivity contribution is -0.117. The van der Waals surface area contributed by atoms with Crippen LogP contribution in [0.15, 0.2) is 24.3 Å². The predicted octanol–water partition coefficient (Wildman–Crippen LogP) is 1.80. The molecule has 0 bridgehead atoms. The molecule has 1 heterocycles. The van der Waals surface area contributed by atoms with Gasteiger partial charge in [0, 0.05) is 12.1 Å². The second kappa shape index (κ2) is 5.12. The number of rotatable bonds is 4. The third kappa shape index (κ3) is 2.83. The van der Waals surface area contributed by atoms with Gasteiger partial charge in [-0.05, 0) is 43.1 Å². The van der Waals surface area contributed by atoms with Crippen molar-refractivity contribution in [3.8, 4) is 0 Å². The molecule has 1 saturated heterocycles. The summed E-state index contributed by atoms with van der Waals surface area (Å²) in [5, 5.41) is 6.09. The number of nitrogens with one attached hydrogen (secondary N) is 2. The van der Waals surface area contributed by atoms with Crippen LogP contribution in [0.3, 0.4) is 0 Å². The molecule has 2 rings (SSSR count). The number of carbonyl (C=O) groups is 1. The number of aryl methyl sites for hydroxylation is 1. The summed E-state index contributed by atoms with van der Waals surface area (Å²) in [7, 11) is 0. The van der Waals surface area contributed by atoms with Crippen LogP contribution >= 0.6 is 0 Å². The first-order chi connectivity index (χ1) is 7.78. The summed E-state index contributed by atoms with van der Waals surface area (Å²) in [6, 6.07) is 8.05. The fraction of sp³-hybridized carbons (Fsp3) is 0.462. The lowest BCUT2D eigenvalue weighted by Crippen LogP contribution is -2.43. The first kappa shape index (κ1) is 11.1. The van der Waals surface area contributed by atoms with Crippen molar-refractivity contribution in [2.75, 3.05) is 18.4 Å². The molecule has 2 N–H and O–H groups in total. The summed E-state index contributed by atoms with van der Waals surface area (Å²) in [4.78, 5) is 11.6. The van der Waals surface area contributed by atoms with Crippen molar-refractivity contribution in [3.63, 3.8) is 0 Å². The second-order valence-electron chi connectivity index (χ2n) is 4.33. The largest absolute Gasteiger partial charge is 0.326 e. The molecule has 1 aliphatic rings. The first-order valence-electron chi connectivity index (χ1n) is 5.87. The highest BCUT2D eigenvalue weighted by molar-refractivity contribution is 5.90. The normalized spacial score (nSPS) is 15.6. The van der Waals surface area contributed by atoms with E-state index in [2.05, 4.69) is 29.7 Å². The highest BCUT2D eigenvalue weighted by Gasteiger charge is 2.19. The minimum absolute atomic E-state index is 0.121. The Labute approximate surface area is 96.2 Å². The molecule has 0 saturated carbocycles. The molecule has 1 aromatic carbocycles. The standard InChI is InChI=1S/C13H18N2O/c1-2-10-3-5-12(6-4-10)15-13(16)7-11-8-14-9-11/h3-6,11,14H,2,7-9H2,1H3,(H,15,16). The maximum absolute atomic E-state index is 11.6. The van der Waals surface area contributed by atoms with Crippen molar-refractivity contribution in [2.45, 2.75) is 19.8 Å². The van der Waals surface area contributed by atoms with E-state index < -0.39 is 0 Å². The summed E-state index contributed by atoms with van der Waals surface area (Å²) < 4.78 is 0. The Bertz CT molecular complexity index is 355. The number of benzene rings is 1. The molecule has 1 amide bonds. The Balaban J connectivity index is 1.84. The highest BCUT2D eigenvalue weighted by Crippen LogP contribution is 2.13. The van der Waals surface area contributed by atoms with Gasteiger partial charge >= 0.3 is 0 Å². The van der Waals surface area contributed by atoms with Gasteiger partial charge in [-0.15, -0.1) is 0 Å². The molecule has 0 atom stereocenters. The van der Waals surface area contributed by atoms with Crippen LogP contribution in [0.4, 0.5) is 5.69 Å². The molecule has 0 aromatic heterocycles. The van der Waals surface area contributed by atoms with Gasteiger partial charge in [0.05, 0.1) is 0 Å². The van der Waals surface area contributed by atoms with Gasteiger partial charge in [-0.3, -0.25) is 4.79 Å². The van der Waals surface area contributed by atoms with Crippen LogP contribution in [0.5, 0.6) is 0 Å². The summed E-state index contributed by atoms with van der Waals surface area (Å²) in [5.74, 6) is 0.644. The smallest absolute Gasteiger partial charge is 0.224 e. The third-order valence-electron chi connectivity index (χ3n) is 2.99. The summed E-state index contributed by atoms with van der Waals surface area (Å²) in [5.41, 5.74) is 2.19. The average molecular weight is 218 g/mol. The van der Waals surface area contributed by atoms with E-state index in [0.717, 1.165) is 25.2 Å². The number of amides is 1. The number of hydrogen-bond donors (Lipinski definition) is 2. The van der Waals surface area contributed by atoms with E-state index in [1.54, 1.807) is 0 Å². The molecular weight excluding hydrogens is 200 g/mol. The third-order valence-corrected chi connectivity index (χ3v) is 2.99. The van der Waals surface area contributed by atoms with Crippen molar-refractivity contribution >= 4 is 11.6 Å². The van der Waals surface area contributed by atoms with Crippen LogP contribution in [-0.4, -0.2) is 19.0 Å². The molecule has 86 valence electrons. The molecule has 0 aliphatic carbocycles. The summed E-state index contributed by atoms with van der Waals surface area (Å²) in [6.45, 7) is 4.07. The molecule has 3 nitrogen and oxygen atoms in total. The van der Waals surface area contributed by atoms with Crippen LogP contribution in [0, 0.1) is 5.92 Å². The van der Waals surface area contributed by atoms with Crippen molar-refractivity contribution < 1.29 is 4.79 Å². The molecule has 0 spiro atoms. The molecule has 0 unspecified atom stereocenters. The van der Waals surface area contributed by atoms with E-state index >= 15 is 0 Å². The van der Waals surface area contributed by atoms with E-state index in [9.17, 15) is 4.79 Å². The van der Waals surface area contributed by atoms with Gasteiger partial charge in [-0.1, -0.05) is 19.1 Å². The van der Waals surface area contributed by atoms with Gasteiger partial charge in [0.15, 0.2) is 0 Å². The van der Waals surface area contributed by atoms with Crippen molar-refractivity contribution in [2.24, 2.45) is 5.92 Å². The van der Waals surface area contributed by atoms with Gasteiger partial charge < -0.3 is 10.6 Å². The Morgan fingerprint density at radius 3 is 2.56 bits per heavy atom. The molecule has 3 heteroatoms. The Hall–Kier alpha value is -1.35. The summed E-state index contributed by atoms with van der Waals surface area (Å²) >= 11 is 0. The fourth-order valence-electron chi connectivity index (χ4n) is 1.79. The molecule has 16 heavy (non-hydrogen) atoms. The molecule has 1 aromatic rings. The van der Waals surface area contributed by atoms with Gasteiger partial charge in [0.1, 0.15) is 0 Å². The van der Waals surface area contributed by atoms with E-state index in [1.807, 2.05) is 12.1 Å². The van der Waals surface area contributed by atoms with Crippen molar-refractivity contribution in [1.82, 2.24) is 5.32 Å². The predicted molar refractivity (Wildman–Crippen MR) is 65.4 cm³/mol. The first-order valence-corrected chi connectivity index (χ1v) is 5.87. The minimum Gasteiger partial charge on any atom is -0.326 e. The molecule has 0 radical (unpaired) electrons. The molecule has 1 aliphatic heterocycles. The van der Waals surface area contributed by atoms with Gasteiger partial charge in [0.25, 0.3) is 0 Å². The summed E-state index contributed by atoms with van der Waals surface area (Å²) in [6.07, 6.45) is 1.66. The zero-order valence-electron chi connectivity index (χ0n) is 9.62. The lowest BCUT2D eigenvalue weighted by atomic mass is 9.99. The average Bonchev–Trinajstić information content (AvgIpc) is 2.25. The van der Waals surface area contributed by atoms with Crippen LogP contribution in [0.1, 0.15) is 18.9 Å². The topological polar surface area (TPSA) is 41.1 Å². The van der Waals surface area contributed by atoms with E-state index in [-0.39, 0.29) is 5.91 Å². The Morgan fingerprint density at radius 1 is 1.38 bits per heavy atom. The molecule has 1 fully saturated rings. The van der Waals surface area contributed by atoms with E-state index in [4.69, 9.17) is 0 Å². The van der Waals surface area contributed by atoms with Gasteiger partial charge in [-0.2, -0.15) is 0 Å². The SMILES string of the molecule is CCc1ccc(NC(=O)CC2CNC2)cc1. The second-order valence-corrected chi connectivity index (χ2v) is 4.33. The number of hydrogen-bond acceptors (Lipinski definition) is 2. The van der Waals surface area contributed by atoms with Gasteiger partial charge in [-0.25, -0.2) is 0 Å². The van der Waals surface area contributed by atoms with Crippen LogP contribution < -0.4 is 10.6 Å². The van der Waals surface area contributed by atoms with Crippen molar-refractivity contribution in [1.29, 1.82) is 0 Å². The zero-order valence-corrected chi connectivity index (χ0v) is 9.62. The monoisotopic (exact) mass is 218 g/mol. The van der Waals surface area contributed by atoms with Crippen molar-refractivity contribution in [3.05, 3.63) is 29.8 Å². The maximum Gasteiger partial charge on any atom is 0.224 e.